The number of piperidine rings is 1. The summed E-state index contributed by atoms with van der Waals surface area (Å²) >= 11 is 0. The van der Waals surface area contributed by atoms with E-state index >= 15 is 0 Å². The Morgan fingerprint density at radius 3 is 2.96 bits per heavy atom. The summed E-state index contributed by atoms with van der Waals surface area (Å²) < 4.78 is 5.57. The molecule has 6 rings (SSSR count). The summed E-state index contributed by atoms with van der Waals surface area (Å²) in [4.78, 5) is 2.61. The van der Waals surface area contributed by atoms with Gasteiger partial charge in [0.05, 0.1) is 18.4 Å². The minimum absolute atomic E-state index is 0.185. The first-order valence-corrected chi connectivity index (χ1v) is 10.7. The molecule has 2 fully saturated rings. The van der Waals surface area contributed by atoms with Crippen molar-refractivity contribution in [2.45, 2.75) is 62.5 Å². The first-order chi connectivity index (χ1) is 13.5. The van der Waals surface area contributed by atoms with Crippen molar-refractivity contribution in [1.29, 1.82) is 0 Å². The number of nitrogens with one attached hydrogen (secondary N) is 1. The Kier molecular flexibility index (Phi) is 3.41. The van der Waals surface area contributed by atoms with Crippen molar-refractivity contribution in [2.75, 3.05) is 20.2 Å². The minimum Gasteiger partial charge on any atom is -0.497 e. The lowest BCUT2D eigenvalue weighted by Crippen LogP contribution is -2.74. The topological polar surface area (TPSA) is 61.4 Å². The monoisotopic (exact) mass is 379 g/mol. The summed E-state index contributed by atoms with van der Waals surface area (Å²) in [5, 5.41) is 20.3. The van der Waals surface area contributed by atoms with Crippen molar-refractivity contribution in [1.82, 2.24) is 15.1 Å². The van der Waals surface area contributed by atoms with E-state index in [1.54, 1.807) is 7.11 Å². The third-order valence-electron chi connectivity index (χ3n) is 8.16. The van der Waals surface area contributed by atoms with Crippen LogP contribution in [0.15, 0.2) is 18.2 Å². The van der Waals surface area contributed by atoms with Crippen molar-refractivity contribution in [3.8, 4) is 5.75 Å². The van der Waals surface area contributed by atoms with Crippen LogP contribution in [0, 0.1) is 12.8 Å². The molecule has 5 nitrogen and oxygen atoms in total. The van der Waals surface area contributed by atoms with Crippen LogP contribution in [-0.4, -0.2) is 52.0 Å². The van der Waals surface area contributed by atoms with E-state index in [9.17, 15) is 5.11 Å². The smallest absolute Gasteiger partial charge is 0.119 e. The van der Waals surface area contributed by atoms with Gasteiger partial charge in [0, 0.05) is 36.5 Å². The number of methoxy groups -OCH3 is 1. The molecular weight excluding hydrogens is 350 g/mol. The SMILES string of the molecule is COc1ccc2c(c1)[C@]13CCN(CC4CC4)[C@H](C2)[C@]1(O)Cc1c(n[nH]c1C)C3. The number of H-pyrrole nitrogens is 1. The van der Waals surface area contributed by atoms with E-state index in [1.807, 2.05) is 0 Å². The largest absolute Gasteiger partial charge is 0.497 e. The number of hydrogen-bond acceptors (Lipinski definition) is 4. The molecule has 2 heterocycles. The van der Waals surface area contributed by atoms with Gasteiger partial charge in [0.2, 0.25) is 0 Å². The normalized spacial score (nSPS) is 33.8. The first kappa shape index (κ1) is 17.0. The molecular formula is C23H29N3O2. The summed E-state index contributed by atoms with van der Waals surface area (Å²) in [6.45, 7) is 4.30. The average molecular weight is 380 g/mol. The van der Waals surface area contributed by atoms with Gasteiger partial charge < -0.3 is 9.84 Å². The average Bonchev–Trinajstić information content (AvgIpc) is 3.45. The molecule has 148 valence electrons. The quantitative estimate of drug-likeness (QED) is 0.860. The zero-order chi connectivity index (χ0) is 19.1. The van der Waals surface area contributed by atoms with Gasteiger partial charge in [-0.1, -0.05) is 6.07 Å². The number of fused-ring (bicyclic) bond motifs is 2. The van der Waals surface area contributed by atoms with Gasteiger partial charge in [0.1, 0.15) is 5.75 Å². The Labute approximate surface area is 166 Å². The summed E-state index contributed by atoms with van der Waals surface area (Å²) in [5.41, 5.74) is 5.15. The number of aromatic amines is 1. The van der Waals surface area contributed by atoms with Gasteiger partial charge in [0.25, 0.3) is 0 Å². The van der Waals surface area contributed by atoms with Gasteiger partial charge in [-0.25, -0.2) is 0 Å². The van der Waals surface area contributed by atoms with E-state index in [4.69, 9.17) is 4.74 Å². The molecule has 4 aliphatic rings. The minimum atomic E-state index is -0.749. The number of rotatable bonds is 3. The molecule has 2 aromatic rings. The third kappa shape index (κ3) is 2.12. The lowest BCUT2D eigenvalue weighted by Gasteiger charge is -2.63. The summed E-state index contributed by atoms with van der Waals surface area (Å²) in [6.07, 6.45) is 6.14. The second-order valence-electron chi connectivity index (χ2n) is 9.57. The molecule has 1 saturated carbocycles. The second-order valence-corrected chi connectivity index (χ2v) is 9.57. The molecule has 5 heteroatoms. The highest BCUT2D eigenvalue weighted by molar-refractivity contribution is 5.52. The number of aromatic nitrogens is 2. The van der Waals surface area contributed by atoms with Gasteiger partial charge in [-0.3, -0.25) is 10.00 Å². The molecule has 2 N–H and O–H groups in total. The molecule has 1 aliphatic heterocycles. The lowest BCUT2D eigenvalue weighted by molar-refractivity contribution is -0.152. The highest BCUT2D eigenvalue weighted by Gasteiger charge is 2.65. The van der Waals surface area contributed by atoms with Crippen molar-refractivity contribution in [3.05, 3.63) is 46.3 Å². The van der Waals surface area contributed by atoms with Crippen molar-refractivity contribution in [3.63, 3.8) is 0 Å². The van der Waals surface area contributed by atoms with Crippen LogP contribution in [0.3, 0.4) is 0 Å². The van der Waals surface area contributed by atoms with E-state index in [2.05, 4.69) is 40.2 Å². The van der Waals surface area contributed by atoms with E-state index in [-0.39, 0.29) is 11.5 Å². The molecule has 2 bridgehead atoms. The Balaban J connectivity index is 1.54. The summed E-state index contributed by atoms with van der Waals surface area (Å²) in [7, 11) is 1.73. The maximum atomic E-state index is 12.4. The number of nitrogens with zero attached hydrogens (tertiary/aromatic N) is 2. The fourth-order valence-electron chi connectivity index (χ4n) is 6.42. The van der Waals surface area contributed by atoms with Crippen LogP contribution in [-0.2, 0) is 24.7 Å². The zero-order valence-electron chi connectivity index (χ0n) is 16.8. The van der Waals surface area contributed by atoms with Gasteiger partial charge in [0.15, 0.2) is 0 Å². The van der Waals surface area contributed by atoms with Crippen LogP contribution >= 0.6 is 0 Å². The molecule has 1 saturated heterocycles. The highest BCUT2D eigenvalue weighted by Crippen LogP contribution is 2.57. The second kappa shape index (κ2) is 5.61. The predicted octanol–water partition coefficient (Wildman–Crippen LogP) is 2.53. The number of hydrogen-bond donors (Lipinski definition) is 2. The lowest BCUT2D eigenvalue weighted by atomic mass is 9.49. The van der Waals surface area contributed by atoms with Crippen molar-refractivity contribution in [2.24, 2.45) is 5.92 Å². The van der Waals surface area contributed by atoms with Crippen LogP contribution in [0.5, 0.6) is 5.75 Å². The zero-order valence-corrected chi connectivity index (χ0v) is 16.8. The summed E-state index contributed by atoms with van der Waals surface area (Å²) in [6, 6.07) is 6.69. The number of aryl methyl sites for hydroxylation is 1. The Morgan fingerprint density at radius 2 is 2.18 bits per heavy atom. The molecule has 0 unspecified atom stereocenters. The molecule has 3 atom stereocenters. The number of aliphatic hydroxyl groups is 1. The fraction of sp³-hybridized carbons (Fsp3) is 0.609. The molecule has 0 amide bonds. The maximum Gasteiger partial charge on any atom is 0.119 e. The Morgan fingerprint density at radius 1 is 1.32 bits per heavy atom. The van der Waals surface area contributed by atoms with E-state index in [0.717, 1.165) is 55.4 Å². The molecule has 1 aromatic carbocycles. The summed E-state index contributed by atoms with van der Waals surface area (Å²) in [5.74, 6) is 1.72. The van der Waals surface area contributed by atoms with E-state index in [0.29, 0.717) is 6.42 Å². The van der Waals surface area contributed by atoms with Crippen LogP contribution in [0.25, 0.3) is 0 Å². The van der Waals surface area contributed by atoms with Crippen molar-refractivity contribution >= 4 is 0 Å². The van der Waals surface area contributed by atoms with E-state index < -0.39 is 5.60 Å². The van der Waals surface area contributed by atoms with Crippen molar-refractivity contribution < 1.29 is 9.84 Å². The number of likely N-dealkylation sites (tertiary alicyclic amines) is 1. The van der Waals surface area contributed by atoms with Crippen LogP contribution in [0.4, 0.5) is 0 Å². The van der Waals surface area contributed by atoms with Gasteiger partial charge >= 0.3 is 0 Å². The van der Waals surface area contributed by atoms with Crippen LogP contribution in [0.2, 0.25) is 0 Å². The van der Waals surface area contributed by atoms with Gasteiger partial charge in [-0.2, -0.15) is 5.10 Å². The Hall–Kier alpha value is -1.85. The predicted molar refractivity (Wildman–Crippen MR) is 107 cm³/mol. The third-order valence-corrected chi connectivity index (χ3v) is 8.16. The molecule has 0 spiro atoms. The number of ether oxygens (including phenoxy) is 1. The Bertz CT molecular complexity index is 949. The van der Waals surface area contributed by atoms with Gasteiger partial charge in [-0.05, 0) is 73.9 Å². The fourth-order valence-corrected chi connectivity index (χ4v) is 6.42. The molecule has 3 aliphatic carbocycles. The molecule has 1 aromatic heterocycles. The highest BCUT2D eigenvalue weighted by atomic mass is 16.5. The first-order valence-electron chi connectivity index (χ1n) is 10.7. The standard InChI is InChI=1S/C23H29N3O2/c1-14-18-11-23(27)21-9-16-5-6-17(28-2)10-19(16)22(23,12-20(18)25-24-14)7-8-26(21)13-15-3-4-15/h5-6,10,15,21,27H,3-4,7-9,11-13H2,1-2H3,(H,24,25)/t21-,22-,23-/m1/s1. The van der Waals surface area contributed by atoms with Crippen LogP contribution in [0.1, 0.15) is 47.3 Å². The molecule has 0 radical (unpaired) electrons. The number of benzene rings is 1. The van der Waals surface area contributed by atoms with E-state index in [1.165, 1.54) is 29.5 Å². The van der Waals surface area contributed by atoms with Crippen LogP contribution < -0.4 is 4.74 Å². The van der Waals surface area contributed by atoms with Gasteiger partial charge in [-0.15, -0.1) is 0 Å². The maximum absolute atomic E-state index is 12.4. The molecule has 28 heavy (non-hydrogen) atoms.